The molecule has 2 heterocycles. The second-order valence-electron chi connectivity index (χ2n) is 6.52. The summed E-state index contributed by atoms with van der Waals surface area (Å²) in [5.74, 6) is 1.00. The van der Waals surface area contributed by atoms with Gasteiger partial charge >= 0.3 is 0 Å². The van der Waals surface area contributed by atoms with Gasteiger partial charge < -0.3 is 9.80 Å². The average Bonchev–Trinajstić information content (AvgIpc) is 2.64. The van der Waals surface area contributed by atoms with E-state index in [9.17, 15) is 9.18 Å². The van der Waals surface area contributed by atoms with Crippen molar-refractivity contribution in [1.82, 2.24) is 4.90 Å². The lowest BCUT2D eigenvalue weighted by Crippen LogP contribution is -3.09. The van der Waals surface area contributed by atoms with Gasteiger partial charge in [0.15, 0.2) is 6.54 Å². The van der Waals surface area contributed by atoms with Gasteiger partial charge in [0, 0.05) is 11.6 Å². The Labute approximate surface area is 147 Å². The number of nitrogens with zero attached hydrogens (tertiary/aromatic N) is 2. The summed E-state index contributed by atoms with van der Waals surface area (Å²) in [6, 6.07) is 12.8. The predicted octanol–water partition coefficient (Wildman–Crippen LogP) is 0.00330. The molecule has 1 aliphatic heterocycles. The molecular weight excluding hydrogens is 319 g/mol. The average molecular weight is 344 g/mol. The Morgan fingerprint density at radius 2 is 1.84 bits per heavy atom. The molecule has 25 heavy (non-hydrogen) atoms. The molecule has 6 heteroatoms. The lowest BCUT2D eigenvalue weighted by molar-refractivity contribution is -0.885. The summed E-state index contributed by atoms with van der Waals surface area (Å²) in [7, 11) is 1.93. The van der Waals surface area contributed by atoms with E-state index in [1.807, 2.05) is 42.4 Å². The van der Waals surface area contributed by atoms with Crippen LogP contribution in [0.4, 0.5) is 10.2 Å². The summed E-state index contributed by atoms with van der Waals surface area (Å²) in [5, 5.41) is 0. The van der Waals surface area contributed by atoms with Crippen LogP contribution in [0, 0.1) is 5.82 Å². The van der Waals surface area contributed by atoms with Gasteiger partial charge in [-0.2, -0.15) is 0 Å². The van der Waals surface area contributed by atoms with Crippen molar-refractivity contribution >= 4 is 11.7 Å². The number of quaternary nitrogens is 1. The second kappa shape index (κ2) is 8.07. The number of benzene rings is 1. The van der Waals surface area contributed by atoms with Crippen molar-refractivity contribution in [2.24, 2.45) is 0 Å². The molecule has 0 spiro atoms. The van der Waals surface area contributed by atoms with Gasteiger partial charge in [0.25, 0.3) is 11.7 Å². The predicted molar refractivity (Wildman–Crippen MR) is 93.6 cm³/mol. The number of carbonyl (C=O) groups is 1. The third-order valence-corrected chi connectivity index (χ3v) is 4.57. The highest BCUT2D eigenvalue weighted by molar-refractivity contribution is 5.77. The number of aromatic amines is 1. The van der Waals surface area contributed by atoms with Crippen molar-refractivity contribution in [3.63, 3.8) is 0 Å². The van der Waals surface area contributed by atoms with Crippen LogP contribution in [0.1, 0.15) is 5.56 Å². The van der Waals surface area contributed by atoms with Gasteiger partial charge in [-0.3, -0.25) is 9.69 Å². The Balaban J connectivity index is 1.48. The van der Waals surface area contributed by atoms with E-state index in [4.69, 9.17) is 0 Å². The van der Waals surface area contributed by atoms with Gasteiger partial charge in [-0.25, -0.2) is 9.37 Å². The zero-order valence-corrected chi connectivity index (χ0v) is 14.5. The number of H-pyrrole nitrogens is 1. The normalized spacial score (nSPS) is 15.9. The number of nitrogens with one attached hydrogen (secondary N) is 2. The molecule has 1 saturated heterocycles. The molecular formula is C19H25FN4O+2. The molecule has 5 nitrogen and oxygen atoms in total. The number of rotatable bonds is 5. The summed E-state index contributed by atoms with van der Waals surface area (Å²) in [4.78, 5) is 20.9. The molecule has 1 aromatic heterocycles. The first kappa shape index (κ1) is 17.4. The maximum Gasteiger partial charge on any atom is 0.278 e. The number of likely N-dealkylation sites (N-methyl/N-ethyl adjacent to an activating group) is 1. The van der Waals surface area contributed by atoms with E-state index in [0.29, 0.717) is 31.7 Å². The maximum absolute atomic E-state index is 13.7. The van der Waals surface area contributed by atoms with Crippen molar-refractivity contribution in [3.05, 3.63) is 60.0 Å². The van der Waals surface area contributed by atoms with Gasteiger partial charge in [0.05, 0.1) is 26.3 Å². The molecule has 1 fully saturated rings. The Bertz CT molecular complexity index is 702. The zero-order valence-electron chi connectivity index (χ0n) is 14.5. The van der Waals surface area contributed by atoms with Crippen molar-refractivity contribution in [2.75, 3.05) is 44.7 Å². The molecule has 1 aromatic carbocycles. The minimum atomic E-state index is -0.206. The maximum atomic E-state index is 13.7. The number of piperazine rings is 1. The first-order valence-corrected chi connectivity index (χ1v) is 8.67. The van der Waals surface area contributed by atoms with E-state index in [1.165, 1.54) is 6.07 Å². The first-order chi connectivity index (χ1) is 12.1. The first-order valence-electron chi connectivity index (χ1n) is 8.67. The molecule has 1 unspecified atom stereocenters. The fourth-order valence-electron chi connectivity index (χ4n) is 3.18. The van der Waals surface area contributed by atoms with Crippen LogP contribution in [0.15, 0.2) is 48.7 Å². The van der Waals surface area contributed by atoms with Crippen LogP contribution in [0.25, 0.3) is 0 Å². The number of carbonyl (C=O) groups excluding carboxylic acids is 1. The van der Waals surface area contributed by atoms with Gasteiger partial charge in [0.1, 0.15) is 25.5 Å². The fourth-order valence-corrected chi connectivity index (χ4v) is 3.18. The molecule has 1 amide bonds. The minimum Gasteiger partial charge on any atom is -0.330 e. The van der Waals surface area contributed by atoms with E-state index in [-0.39, 0.29) is 11.7 Å². The number of hydrogen-bond donors (Lipinski definition) is 1. The van der Waals surface area contributed by atoms with Crippen LogP contribution in [0.3, 0.4) is 0 Å². The Kier molecular flexibility index (Phi) is 5.60. The fraction of sp³-hybridized carbons (Fsp3) is 0.368. The van der Waals surface area contributed by atoms with Gasteiger partial charge in [0.2, 0.25) is 0 Å². The highest BCUT2D eigenvalue weighted by Crippen LogP contribution is 2.09. The third-order valence-electron chi connectivity index (χ3n) is 4.57. The third kappa shape index (κ3) is 4.54. The lowest BCUT2D eigenvalue weighted by Gasteiger charge is -2.31. The van der Waals surface area contributed by atoms with Gasteiger partial charge in [-0.15, -0.1) is 0 Å². The number of amides is 1. The summed E-state index contributed by atoms with van der Waals surface area (Å²) in [6.07, 6.45) is 1.91. The standard InChI is InChI=1S/C19H23FN4O/c1-22(14-16-6-2-3-7-17(16)20)15-19(25)24-12-10-23(11-13-24)18-8-4-5-9-21-18/h2-9H,10-15H2,1H3/p+2. The second-order valence-corrected chi connectivity index (χ2v) is 6.52. The van der Waals surface area contributed by atoms with Crippen LogP contribution < -0.4 is 14.8 Å². The SMILES string of the molecule is C[NH+](CC(=O)N1CCN(c2cccc[nH+]2)CC1)Cc1ccccc1F. The molecule has 0 saturated carbocycles. The van der Waals surface area contributed by atoms with Gasteiger partial charge in [-0.05, 0) is 12.1 Å². The van der Waals surface area contributed by atoms with Crippen LogP contribution in [-0.4, -0.2) is 50.6 Å². The van der Waals surface area contributed by atoms with Crippen molar-refractivity contribution < 1.29 is 19.1 Å². The summed E-state index contributed by atoms with van der Waals surface area (Å²) in [6.45, 7) is 3.96. The lowest BCUT2D eigenvalue weighted by atomic mass is 10.2. The summed E-state index contributed by atoms with van der Waals surface area (Å²) < 4.78 is 13.7. The monoisotopic (exact) mass is 344 g/mol. The Morgan fingerprint density at radius 1 is 1.12 bits per heavy atom. The van der Waals surface area contributed by atoms with Gasteiger partial charge in [-0.1, -0.05) is 24.3 Å². The van der Waals surface area contributed by atoms with Crippen LogP contribution in [0.5, 0.6) is 0 Å². The minimum absolute atomic E-state index is 0.130. The van der Waals surface area contributed by atoms with E-state index in [1.54, 1.807) is 12.1 Å². The smallest absolute Gasteiger partial charge is 0.278 e. The largest absolute Gasteiger partial charge is 0.330 e. The molecule has 132 valence electrons. The topological polar surface area (TPSA) is 42.1 Å². The van der Waals surface area contributed by atoms with E-state index >= 15 is 0 Å². The van der Waals surface area contributed by atoms with Crippen molar-refractivity contribution in [3.8, 4) is 0 Å². The highest BCUT2D eigenvalue weighted by Gasteiger charge is 2.27. The number of hydrogen-bond acceptors (Lipinski definition) is 2. The van der Waals surface area contributed by atoms with E-state index in [0.717, 1.165) is 23.8 Å². The quantitative estimate of drug-likeness (QED) is 0.830. The highest BCUT2D eigenvalue weighted by atomic mass is 19.1. The number of pyridine rings is 1. The molecule has 2 aromatic rings. The van der Waals surface area contributed by atoms with Crippen LogP contribution in [0.2, 0.25) is 0 Å². The molecule has 3 rings (SSSR count). The number of halogens is 1. The van der Waals surface area contributed by atoms with Crippen molar-refractivity contribution in [1.29, 1.82) is 0 Å². The van der Waals surface area contributed by atoms with E-state index < -0.39 is 0 Å². The van der Waals surface area contributed by atoms with Crippen LogP contribution in [-0.2, 0) is 11.3 Å². The van der Waals surface area contributed by atoms with Crippen molar-refractivity contribution in [2.45, 2.75) is 6.54 Å². The molecule has 0 bridgehead atoms. The molecule has 0 radical (unpaired) electrons. The zero-order chi connectivity index (χ0) is 17.6. The Hall–Kier alpha value is -2.47. The van der Waals surface area contributed by atoms with E-state index in [2.05, 4.69) is 9.88 Å². The molecule has 1 atom stereocenters. The molecule has 1 aliphatic rings. The summed E-state index contributed by atoms with van der Waals surface area (Å²) in [5.41, 5.74) is 0.650. The molecule has 0 aliphatic carbocycles. The Morgan fingerprint density at radius 3 is 2.52 bits per heavy atom. The van der Waals surface area contributed by atoms with Crippen LogP contribution >= 0.6 is 0 Å². The molecule has 2 N–H and O–H groups in total. The number of aromatic nitrogens is 1. The number of anilines is 1. The summed E-state index contributed by atoms with van der Waals surface area (Å²) >= 11 is 0.